The van der Waals surface area contributed by atoms with Crippen molar-refractivity contribution in [2.75, 3.05) is 13.1 Å². The van der Waals surface area contributed by atoms with Gasteiger partial charge in [0.25, 0.3) is 11.5 Å². The third-order valence-corrected chi connectivity index (χ3v) is 5.78. The van der Waals surface area contributed by atoms with E-state index in [2.05, 4.69) is 14.8 Å². The molecule has 0 aromatic carbocycles. The van der Waals surface area contributed by atoms with Crippen molar-refractivity contribution in [3.8, 4) is 0 Å². The highest BCUT2D eigenvalue weighted by molar-refractivity contribution is 5.84. The first-order valence-electron chi connectivity index (χ1n) is 9.93. The zero-order chi connectivity index (χ0) is 19.9. The normalized spacial score (nSPS) is 20.2. The van der Waals surface area contributed by atoms with Crippen molar-refractivity contribution in [3.05, 3.63) is 46.4 Å². The fourth-order valence-corrected chi connectivity index (χ4v) is 4.00. The number of hydrogen-bond acceptors (Lipinski definition) is 5. The highest BCUT2D eigenvalue weighted by Crippen LogP contribution is 2.38. The molecule has 1 atom stereocenters. The quantitative estimate of drug-likeness (QED) is 0.836. The number of carbonyl (C=O) groups excluding carboxylic acids is 1. The molecule has 1 aliphatic heterocycles. The Bertz CT molecular complexity index is 920. The number of rotatable bonds is 5. The van der Waals surface area contributed by atoms with Crippen molar-refractivity contribution in [1.29, 1.82) is 0 Å². The second kappa shape index (κ2) is 7.16. The highest BCUT2D eigenvalue weighted by Gasteiger charge is 2.38. The minimum Gasteiger partial charge on any atom is -0.378 e. The molecule has 0 spiro atoms. The number of hydrogen-bond donors (Lipinski definition) is 1. The first kappa shape index (κ1) is 18.9. The summed E-state index contributed by atoms with van der Waals surface area (Å²) in [6, 6.07) is 3.84. The van der Waals surface area contributed by atoms with Gasteiger partial charge in [0.05, 0.1) is 6.54 Å². The second-order valence-corrected chi connectivity index (χ2v) is 8.34. The number of carbonyl (C=O) groups is 1. The van der Waals surface area contributed by atoms with E-state index in [1.807, 2.05) is 13.3 Å². The molecule has 2 aromatic rings. The fraction of sp³-hybridized carbons (Fsp3) is 0.600. The Morgan fingerprint density at radius 1 is 1.29 bits per heavy atom. The predicted molar refractivity (Wildman–Crippen MR) is 103 cm³/mol. The maximum Gasteiger partial charge on any atom is 0.256 e. The summed E-state index contributed by atoms with van der Waals surface area (Å²) in [4.78, 5) is 26.7. The number of aliphatic hydroxyl groups is 1. The summed E-state index contributed by atoms with van der Waals surface area (Å²) in [7, 11) is 0. The second-order valence-electron chi connectivity index (χ2n) is 8.34. The molecule has 1 unspecified atom stereocenters. The Labute approximate surface area is 163 Å². The van der Waals surface area contributed by atoms with Crippen LogP contribution in [0.15, 0.2) is 29.5 Å². The van der Waals surface area contributed by atoms with E-state index in [9.17, 15) is 14.7 Å². The topological polar surface area (TPSA) is 93.2 Å². The van der Waals surface area contributed by atoms with Crippen LogP contribution in [0.2, 0.25) is 0 Å². The predicted octanol–water partition coefficient (Wildman–Crippen LogP) is 1.24. The van der Waals surface area contributed by atoms with Crippen LogP contribution in [0.1, 0.15) is 56.0 Å². The molecule has 8 nitrogen and oxygen atoms in total. The molecule has 3 heterocycles. The molecule has 2 aromatic heterocycles. The lowest BCUT2D eigenvalue weighted by Gasteiger charge is -2.36. The SMILES string of the molecule is Cc1ccn(CC(C)(O)C(=O)N2CCC(c3nncn3C3CC3)CC2)c(=O)c1. The zero-order valence-corrected chi connectivity index (χ0v) is 16.4. The van der Waals surface area contributed by atoms with E-state index in [1.54, 1.807) is 17.2 Å². The van der Waals surface area contributed by atoms with Crippen molar-refractivity contribution in [3.63, 3.8) is 0 Å². The first-order valence-corrected chi connectivity index (χ1v) is 9.93. The lowest BCUT2D eigenvalue weighted by atomic mass is 9.94. The summed E-state index contributed by atoms with van der Waals surface area (Å²) in [5.41, 5.74) is -0.987. The molecule has 1 aliphatic carbocycles. The van der Waals surface area contributed by atoms with E-state index in [4.69, 9.17) is 0 Å². The van der Waals surface area contributed by atoms with Gasteiger partial charge in [0, 0.05) is 37.3 Å². The molecule has 8 heteroatoms. The van der Waals surface area contributed by atoms with E-state index in [0.717, 1.165) is 24.2 Å². The fourth-order valence-electron chi connectivity index (χ4n) is 4.00. The van der Waals surface area contributed by atoms with Crippen molar-refractivity contribution in [1.82, 2.24) is 24.2 Å². The van der Waals surface area contributed by atoms with Gasteiger partial charge < -0.3 is 19.1 Å². The van der Waals surface area contributed by atoms with Crippen LogP contribution in [-0.4, -0.2) is 53.9 Å². The molecule has 1 amide bonds. The maximum atomic E-state index is 12.9. The minimum absolute atomic E-state index is 0.0547. The van der Waals surface area contributed by atoms with Crippen LogP contribution in [0.25, 0.3) is 0 Å². The Morgan fingerprint density at radius 3 is 2.64 bits per heavy atom. The first-order chi connectivity index (χ1) is 13.3. The van der Waals surface area contributed by atoms with E-state index in [-0.39, 0.29) is 23.9 Å². The minimum atomic E-state index is -1.63. The third-order valence-electron chi connectivity index (χ3n) is 5.78. The van der Waals surface area contributed by atoms with Crippen LogP contribution in [0.4, 0.5) is 0 Å². The largest absolute Gasteiger partial charge is 0.378 e. The molecular weight excluding hydrogens is 358 g/mol. The van der Waals surface area contributed by atoms with Gasteiger partial charge in [0.15, 0.2) is 5.60 Å². The summed E-state index contributed by atoms with van der Waals surface area (Å²) in [5, 5.41) is 19.2. The van der Waals surface area contributed by atoms with Gasteiger partial charge in [-0.3, -0.25) is 9.59 Å². The van der Waals surface area contributed by atoms with Gasteiger partial charge in [-0.1, -0.05) is 0 Å². The molecule has 2 aliphatic rings. The van der Waals surface area contributed by atoms with Crippen LogP contribution in [0, 0.1) is 6.92 Å². The van der Waals surface area contributed by atoms with Gasteiger partial charge in [0.2, 0.25) is 0 Å². The van der Waals surface area contributed by atoms with Gasteiger partial charge >= 0.3 is 0 Å². The zero-order valence-electron chi connectivity index (χ0n) is 16.4. The standard InChI is InChI=1S/C20H27N5O3/c1-14-5-8-24(17(26)11-14)12-20(2,28)19(27)23-9-6-15(7-10-23)18-22-21-13-25(18)16-3-4-16/h5,8,11,13,15-16,28H,3-4,6-7,9-10,12H2,1-2H3. The van der Waals surface area contributed by atoms with Gasteiger partial charge in [-0.15, -0.1) is 10.2 Å². The third kappa shape index (κ3) is 3.73. The van der Waals surface area contributed by atoms with Gasteiger partial charge in [-0.25, -0.2) is 0 Å². The molecule has 1 saturated carbocycles. The van der Waals surface area contributed by atoms with E-state index in [0.29, 0.717) is 19.1 Å². The van der Waals surface area contributed by atoms with Crippen LogP contribution >= 0.6 is 0 Å². The highest BCUT2D eigenvalue weighted by atomic mass is 16.3. The van der Waals surface area contributed by atoms with Gasteiger partial charge in [0.1, 0.15) is 12.2 Å². The number of pyridine rings is 1. The van der Waals surface area contributed by atoms with Gasteiger partial charge in [-0.05, 0) is 51.2 Å². The van der Waals surface area contributed by atoms with E-state index < -0.39 is 5.60 Å². The molecule has 1 saturated heterocycles. The number of aryl methyl sites for hydroxylation is 1. The summed E-state index contributed by atoms with van der Waals surface area (Å²) in [6.45, 7) is 4.40. The monoisotopic (exact) mass is 385 g/mol. The number of likely N-dealkylation sites (tertiary alicyclic amines) is 1. The molecule has 150 valence electrons. The van der Waals surface area contributed by atoms with Crippen molar-refractivity contribution in [2.24, 2.45) is 0 Å². The summed E-state index contributed by atoms with van der Waals surface area (Å²) < 4.78 is 3.57. The lowest BCUT2D eigenvalue weighted by Crippen LogP contribution is -2.52. The summed E-state index contributed by atoms with van der Waals surface area (Å²) in [6.07, 6.45) is 7.41. The van der Waals surface area contributed by atoms with Crippen molar-refractivity contribution >= 4 is 5.91 Å². The molecule has 1 N–H and O–H groups in total. The maximum absolute atomic E-state index is 12.9. The molecule has 28 heavy (non-hydrogen) atoms. The lowest BCUT2D eigenvalue weighted by molar-refractivity contribution is -0.152. The Kier molecular flexibility index (Phi) is 4.82. The molecule has 2 fully saturated rings. The number of piperidine rings is 1. The number of aromatic nitrogens is 4. The summed E-state index contributed by atoms with van der Waals surface area (Å²) in [5.74, 6) is 0.978. The molecule has 0 radical (unpaired) electrons. The Hall–Kier alpha value is -2.48. The smallest absolute Gasteiger partial charge is 0.256 e. The molecule has 0 bridgehead atoms. The van der Waals surface area contributed by atoms with Gasteiger partial charge in [-0.2, -0.15) is 0 Å². The summed E-state index contributed by atoms with van der Waals surface area (Å²) >= 11 is 0. The van der Waals surface area contributed by atoms with Crippen LogP contribution in [-0.2, 0) is 11.3 Å². The Morgan fingerprint density at radius 2 is 2.00 bits per heavy atom. The number of nitrogens with zero attached hydrogens (tertiary/aromatic N) is 5. The van der Waals surface area contributed by atoms with Crippen LogP contribution < -0.4 is 5.56 Å². The van der Waals surface area contributed by atoms with E-state index >= 15 is 0 Å². The molecular formula is C20H27N5O3. The van der Waals surface area contributed by atoms with E-state index in [1.165, 1.54) is 30.4 Å². The van der Waals surface area contributed by atoms with Crippen LogP contribution in [0.3, 0.4) is 0 Å². The Balaban J connectivity index is 1.40. The molecule has 4 rings (SSSR count). The van der Waals surface area contributed by atoms with Crippen LogP contribution in [0.5, 0.6) is 0 Å². The van der Waals surface area contributed by atoms with Crippen molar-refractivity contribution < 1.29 is 9.90 Å². The average Bonchev–Trinajstić information content (AvgIpc) is 3.40. The average molecular weight is 385 g/mol. The van der Waals surface area contributed by atoms with Crippen molar-refractivity contribution in [2.45, 2.75) is 63.6 Å². The number of amides is 1.